The fourth-order valence-corrected chi connectivity index (χ4v) is 3.01. The van der Waals surface area contributed by atoms with Gasteiger partial charge in [0.15, 0.2) is 0 Å². The molecule has 1 aliphatic carbocycles. The zero-order chi connectivity index (χ0) is 15.3. The van der Waals surface area contributed by atoms with Crippen molar-refractivity contribution in [2.45, 2.75) is 51.5 Å². The summed E-state index contributed by atoms with van der Waals surface area (Å²) in [5.74, 6) is 0.884. The molecule has 124 valence electrons. The number of rotatable bonds is 6. The predicted molar refractivity (Wildman–Crippen MR) is 91.7 cm³/mol. The molecule has 4 nitrogen and oxygen atoms in total. The molecule has 2 rings (SSSR count). The van der Waals surface area contributed by atoms with Gasteiger partial charge in [0, 0.05) is 6.54 Å². The number of benzene rings is 1. The molecule has 0 saturated heterocycles. The van der Waals surface area contributed by atoms with E-state index in [0.717, 1.165) is 37.0 Å². The van der Waals surface area contributed by atoms with Gasteiger partial charge in [0.1, 0.15) is 5.75 Å². The lowest BCUT2D eigenvalue weighted by atomic mass is 9.98. The standard InChI is InChI=1S/C17H26N2O2.ClH/c1-13-5-6-15(14(2)11-13)21-10-7-16(20)19-17(12-18)8-3-4-9-17;/h5-6,11H,3-4,7-10,12,18H2,1-2H3,(H,19,20);1H. The van der Waals surface area contributed by atoms with E-state index >= 15 is 0 Å². The lowest BCUT2D eigenvalue weighted by Crippen LogP contribution is -2.51. The van der Waals surface area contributed by atoms with E-state index in [1.54, 1.807) is 0 Å². The number of hydrogen-bond acceptors (Lipinski definition) is 3. The summed E-state index contributed by atoms with van der Waals surface area (Å²) in [6.45, 7) is 5.00. The normalized spacial score (nSPS) is 16.0. The Kier molecular flexibility index (Phi) is 7.17. The molecule has 1 aromatic rings. The van der Waals surface area contributed by atoms with E-state index in [0.29, 0.717) is 19.6 Å². The van der Waals surface area contributed by atoms with Gasteiger partial charge in [-0.1, -0.05) is 30.5 Å². The third kappa shape index (κ3) is 4.89. The number of nitrogens with two attached hydrogens (primary N) is 1. The molecule has 0 aliphatic heterocycles. The van der Waals surface area contributed by atoms with Gasteiger partial charge in [-0.05, 0) is 38.3 Å². The Bertz CT molecular complexity index is 499. The highest BCUT2D eigenvalue weighted by Crippen LogP contribution is 2.28. The van der Waals surface area contributed by atoms with Crippen LogP contribution in [0.5, 0.6) is 5.75 Å². The third-order valence-corrected chi connectivity index (χ3v) is 4.27. The van der Waals surface area contributed by atoms with E-state index in [1.165, 1.54) is 5.56 Å². The van der Waals surface area contributed by atoms with E-state index in [-0.39, 0.29) is 23.9 Å². The summed E-state index contributed by atoms with van der Waals surface area (Å²) in [6, 6.07) is 6.06. The van der Waals surface area contributed by atoms with Crippen molar-refractivity contribution in [1.82, 2.24) is 5.32 Å². The van der Waals surface area contributed by atoms with Crippen LogP contribution in [0.15, 0.2) is 18.2 Å². The van der Waals surface area contributed by atoms with Crippen LogP contribution >= 0.6 is 12.4 Å². The topological polar surface area (TPSA) is 64.3 Å². The molecule has 0 spiro atoms. The van der Waals surface area contributed by atoms with Crippen molar-refractivity contribution < 1.29 is 9.53 Å². The summed E-state index contributed by atoms with van der Waals surface area (Å²) in [7, 11) is 0. The summed E-state index contributed by atoms with van der Waals surface area (Å²) < 4.78 is 5.70. The zero-order valence-electron chi connectivity index (χ0n) is 13.5. The van der Waals surface area contributed by atoms with Gasteiger partial charge in [-0.2, -0.15) is 0 Å². The summed E-state index contributed by atoms with van der Waals surface area (Å²) in [5.41, 5.74) is 7.97. The number of aryl methyl sites for hydroxylation is 2. The average Bonchev–Trinajstić information content (AvgIpc) is 2.90. The molecular formula is C17H27ClN2O2. The third-order valence-electron chi connectivity index (χ3n) is 4.27. The minimum Gasteiger partial charge on any atom is -0.493 e. The van der Waals surface area contributed by atoms with Crippen LogP contribution in [0.2, 0.25) is 0 Å². The van der Waals surface area contributed by atoms with Crippen LogP contribution in [-0.2, 0) is 4.79 Å². The number of halogens is 1. The minimum absolute atomic E-state index is 0. The lowest BCUT2D eigenvalue weighted by Gasteiger charge is -2.28. The van der Waals surface area contributed by atoms with E-state index in [2.05, 4.69) is 18.3 Å². The van der Waals surface area contributed by atoms with Crippen LogP contribution in [0.25, 0.3) is 0 Å². The highest BCUT2D eigenvalue weighted by Gasteiger charge is 2.33. The maximum atomic E-state index is 12.0. The summed E-state index contributed by atoms with van der Waals surface area (Å²) >= 11 is 0. The van der Waals surface area contributed by atoms with Crippen molar-refractivity contribution >= 4 is 18.3 Å². The van der Waals surface area contributed by atoms with Gasteiger partial charge in [0.05, 0.1) is 18.6 Å². The Morgan fingerprint density at radius 2 is 2.00 bits per heavy atom. The van der Waals surface area contributed by atoms with Gasteiger partial charge in [-0.15, -0.1) is 12.4 Å². The molecule has 0 atom stereocenters. The number of amides is 1. The van der Waals surface area contributed by atoms with Gasteiger partial charge >= 0.3 is 0 Å². The second-order valence-electron chi connectivity index (χ2n) is 6.11. The summed E-state index contributed by atoms with van der Waals surface area (Å²) in [4.78, 5) is 12.0. The van der Waals surface area contributed by atoms with Crippen LogP contribution < -0.4 is 15.8 Å². The van der Waals surface area contributed by atoms with Crippen LogP contribution in [0.3, 0.4) is 0 Å². The van der Waals surface area contributed by atoms with Crippen molar-refractivity contribution in [2.24, 2.45) is 5.73 Å². The van der Waals surface area contributed by atoms with Crippen molar-refractivity contribution in [2.75, 3.05) is 13.2 Å². The van der Waals surface area contributed by atoms with Crippen LogP contribution in [0, 0.1) is 13.8 Å². The highest BCUT2D eigenvalue weighted by atomic mass is 35.5. The van der Waals surface area contributed by atoms with E-state index < -0.39 is 0 Å². The minimum atomic E-state index is -0.170. The van der Waals surface area contributed by atoms with E-state index in [4.69, 9.17) is 10.5 Å². The van der Waals surface area contributed by atoms with Gasteiger partial charge in [-0.3, -0.25) is 4.79 Å². The van der Waals surface area contributed by atoms with Crippen molar-refractivity contribution in [3.05, 3.63) is 29.3 Å². The van der Waals surface area contributed by atoms with Gasteiger partial charge in [0.25, 0.3) is 0 Å². The smallest absolute Gasteiger partial charge is 0.223 e. The first-order valence-corrected chi connectivity index (χ1v) is 7.76. The van der Waals surface area contributed by atoms with Crippen molar-refractivity contribution in [3.63, 3.8) is 0 Å². The molecule has 22 heavy (non-hydrogen) atoms. The Morgan fingerprint density at radius 3 is 2.59 bits per heavy atom. The van der Waals surface area contributed by atoms with Crippen LogP contribution in [-0.4, -0.2) is 24.6 Å². The molecule has 0 unspecified atom stereocenters. The molecule has 1 aliphatic rings. The number of nitrogens with one attached hydrogen (secondary N) is 1. The quantitative estimate of drug-likeness (QED) is 0.845. The molecule has 1 saturated carbocycles. The van der Waals surface area contributed by atoms with Crippen molar-refractivity contribution in [3.8, 4) is 5.75 Å². The van der Waals surface area contributed by atoms with E-state index in [9.17, 15) is 4.79 Å². The highest BCUT2D eigenvalue weighted by molar-refractivity contribution is 5.85. The second-order valence-corrected chi connectivity index (χ2v) is 6.11. The van der Waals surface area contributed by atoms with E-state index in [1.807, 2.05) is 19.1 Å². The predicted octanol–water partition coefficient (Wildman–Crippen LogP) is 2.88. The summed E-state index contributed by atoms with van der Waals surface area (Å²) in [6.07, 6.45) is 4.66. The molecule has 1 aromatic carbocycles. The maximum Gasteiger partial charge on any atom is 0.223 e. The first kappa shape index (κ1) is 18.8. The van der Waals surface area contributed by atoms with Crippen LogP contribution in [0.4, 0.5) is 0 Å². The fraction of sp³-hybridized carbons (Fsp3) is 0.588. The van der Waals surface area contributed by atoms with Crippen LogP contribution in [0.1, 0.15) is 43.2 Å². The van der Waals surface area contributed by atoms with Gasteiger partial charge in [0.2, 0.25) is 5.91 Å². The molecule has 0 bridgehead atoms. The molecule has 3 N–H and O–H groups in total. The van der Waals surface area contributed by atoms with Gasteiger partial charge < -0.3 is 15.8 Å². The molecular weight excluding hydrogens is 300 g/mol. The Hall–Kier alpha value is -1.26. The Balaban J connectivity index is 0.00000242. The van der Waals surface area contributed by atoms with Crippen molar-refractivity contribution in [1.29, 1.82) is 0 Å². The Morgan fingerprint density at radius 1 is 1.32 bits per heavy atom. The first-order chi connectivity index (χ1) is 10.0. The number of carbonyl (C=O) groups excluding carboxylic acids is 1. The maximum absolute atomic E-state index is 12.0. The zero-order valence-corrected chi connectivity index (χ0v) is 14.3. The average molecular weight is 327 g/mol. The number of carbonyl (C=O) groups is 1. The molecule has 0 heterocycles. The summed E-state index contributed by atoms with van der Waals surface area (Å²) in [5, 5.41) is 3.11. The lowest BCUT2D eigenvalue weighted by molar-refractivity contribution is -0.123. The number of ether oxygens (including phenoxy) is 1. The second kappa shape index (κ2) is 8.39. The SMILES string of the molecule is Cc1ccc(OCCC(=O)NC2(CN)CCCC2)c(C)c1.Cl. The van der Waals surface area contributed by atoms with Gasteiger partial charge in [-0.25, -0.2) is 0 Å². The number of hydrogen-bond donors (Lipinski definition) is 2. The molecule has 5 heteroatoms. The molecule has 1 amide bonds. The Labute approximate surface area is 139 Å². The first-order valence-electron chi connectivity index (χ1n) is 7.76. The largest absolute Gasteiger partial charge is 0.493 e. The monoisotopic (exact) mass is 326 g/mol. The molecule has 1 fully saturated rings. The molecule has 0 radical (unpaired) electrons. The fourth-order valence-electron chi connectivity index (χ4n) is 3.01. The molecule has 0 aromatic heterocycles.